The third kappa shape index (κ3) is 3.31. The molecule has 1 aromatic heterocycles. The summed E-state index contributed by atoms with van der Waals surface area (Å²) in [5.41, 5.74) is 2.12. The summed E-state index contributed by atoms with van der Waals surface area (Å²) in [7, 11) is 1.62. The number of carbonyl (C=O) groups excluding carboxylic acids is 1. The van der Waals surface area contributed by atoms with Crippen molar-refractivity contribution in [3.8, 4) is 11.5 Å². The van der Waals surface area contributed by atoms with E-state index in [0.717, 1.165) is 17.0 Å². The summed E-state index contributed by atoms with van der Waals surface area (Å²) in [4.78, 5) is 15.0. The van der Waals surface area contributed by atoms with Gasteiger partial charge in [0.05, 0.1) is 7.11 Å². The summed E-state index contributed by atoms with van der Waals surface area (Å²) in [6.07, 6.45) is 0.705. The van der Waals surface area contributed by atoms with Crippen LogP contribution in [0.15, 0.2) is 36.4 Å². The van der Waals surface area contributed by atoms with Crippen molar-refractivity contribution < 1.29 is 14.3 Å². The Hall–Kier alpha value is -2.36. The van der Waals surface area contributed by atoms with Gasteiger partial charge in [0.2, 0.25) is 0 Å². The first-order chi connectivity index (χ1) is 9.22. The van der Waals surface area contributed by atoms with Crippen molar-refractivity contribution in [1.82, 2.24) is 4.98 Å². The standard InChI is InChI=1S/C15H15NO3/c1-11-3-8-15(14(9-17)16-11)19-10-12-4-6-13(18-2)7-5-12/h3-9H,10H2,1-2H3. The van der Waals surface area contributed by atoms with Gasteiger partial charge in [-0.2, -0.15) is 0 Å². The van der Waals surface area contributed by atoms with E-state index < -0.39 is 0 Å². The fourth-order valence-corrected chi connectivity index (χ4v) is 1.65. The largest absolute Gasteiger partial charge is 0.497 e. The van der Waals surface area contributed by atoms with E-state index in [-0.39, 0.29) is 0 Å². The minimum absolute atomic E-state index is 0.327. The summed E-state index contributed by atoms with van der Waals surface area (Å²) in [6.45, 7) is 2.22. The van der Waals surface area contributed by atoms with Crippen LogP contribution in [0.3, 0.4) is 0 Å². The van der Waals surface area contributed by atoms with Gasteiger partial charge in [-0.15, -0.1) is 0 Å². The van der Waals surface area contributed by atoms with Crippen molar-refractivity contribution in [3.63, 3.8) is 0 Å². The van der Waals surface area contributed by atoms with Crippen LogP contribution in [0.1, 0.15) is 21.7 Å². The van der Waals surface area contributed by atoms with Gasteiger partial charge in [-0.1, -0.05) is 12.1 Å². The topological polar surface area (TPSA) is 48.4 Å². The molecule has 4 heteroatoms. The van der Waals surface area contributed by atoms with Gasteiger partial charge in [-0.05, 0) is 36.8 Å². The first kappa shape index (κ1) is 13.1. The highest BCUT2D eigenvalue weighted by molar-refractivity contribution is 5.76. The van der Waals surface area contributed by atoms with E-state index in [1.54, 1.807) is 13.2 Å². The van der Waals surface area contributed by atoms with Crippen LogP contribution in [0.2, 0.25) is 0 Å². The Bertz CT molecular complexity index is 564. The second-order valence-electron chi connectivity index (χ2n) is 4.09. The van der Waals surface area contributed by atoms with Crippen LogP contribution in [0.25, 0.3) is 0 Å². The normalized spacial score (nSPS) is 10.0. The van der Waals surface area contributed by atoms with Crippen LogP contribution in [0.4, 0.5) is 0 Å². The van der Waals surface area contributed by atoms with Crippen molar-refractivity contribution in [2.45, 2.75) is 13.5 Å². The van der Waals surface area contributed by atoms with Gasteiger partial charge in [0, 0.05) is 5.69 Å². The lowest BCUT2D eigenvalue weighted by atomic mass is 10.2. The monoisotopic (exact) mass is 257 g/mol. The summed E-state index contributed by atoms with van der Waals surface area (Å²) < 4.78 is 10.7. The number of ether oxygens (including phenoxy) is 2. The van der Waals surface area contributed by atoms with Gasteiger partial charge in [-0.25, -0.2) is 4.98 Å². The van der Waals surface area contributed by atoms with Gasteiger partial charge >= 0.3 is 0 Å². The van der Waals surface area contributed by atoms with Gasteiger partial charge < -0.3 is 9.47 Å². The molecule has 19 heavy (non-hydrogen) atoms. The van der Waals surface area contributed by atoms with Crippen LogP contribution >= 0.6 is 0 Å². The first-order valence-corrected chi connectivity index (χ1v) is 5.91. The molecule has 0 spiro atoms. The Kier molecular flexibility index (Phi) is 4.13. The molecule has 1 heterocycles. The highest BCUT2D eigenvalue weighted by atomic mass is 16.5. The Morgan fingerprint density at radius 1 is 1.16 bits per heavy atom. The fraction of sp³-hybridized carbons (Fsp3) is 0.200. The van der Waals surface area contributed by atoms with Crippen LogP contribution in [-0.4, -0.2) is 18.4 Å². The van der Waals surface area contributed by atoms with E-state index in [9.17, 15) is 4.79 Å². The molecule has 0 saturated carbocycles. The van der Waals surface area contributed by atoms with Crippen molar-refractivity contribution in [2.24, 2.45) is 0 Å². The van der Waals surface area contributed by atoms with E-state index in [1.165, 1.54) is 0 Å². The summed E-state index contributed by atoms with van der Waals surface area (Å²) in [5, 5.41) is 0. The number of nitrogens with zero attached hydrogens (tertiary/aromatic N) is 1. The summed E-state index contributed by atoms with van der Waals surface area (Å²) in [5.74, 6) is 1.30. The van der Waals surface area contributed by atoms with Gasteiger partial charge in [-0.3, -0.25) is 4.79 Å². The van der Waals surface area contributed by atoms with E-state index in [2.05, 4.69) is 4.98 Å². The van der Waals surface area contributed by atoms with Crippen molar-refractivity contribution in [2.75, 3.05) is 7.11 Å². The molecule has 0 N–H and O–H groups in total. The highest BCUT2D eigenvalue weighted by Gasteiger charge is 2.05. The Morgan fingerprint density at radius 2 is 1.89 bits per heavy atom. The van der Waals surface area contributed by atoms with Crippen molar-refractivity contribution >= 4 is 6.29 Å². The quantitative estimate of drug-likeness (QED) is 0.773. The minimum Gasteiger partial charge on any atom is -0.497 e. The number of methoxy groups -OCH3 is 1. The van der Waals surface area contributed by atoms with E-state index in [0.29, 0.717) is 24.3 Å². The third-order valence-electron chi connectivity index (χ3n) is 2.69. The van der Waals surface area contributed by atoms with Crippen LogP contribution in [-0.2, 0) is 6.61 Å². The smallest absolute Gasteiger partial charge is 0.172 e. The SMILES string of the molecule is COc1ccc(COc2ccc(C)nc2C=O)cc1. The molecule has 4 nitrogen and oxygen atoms in total. The Balaban J connectivity index is 2.07. The number of benzene rings is 1. The predicted octanol–water partition coefficient (Wildman–Crippen LogP) is 2.79. The molecule has 0 aliphatic heterocycles. The zero-order valence-corrected chi connectivity index (χ0v) is 10.9. The maximum Gasteiger partial charge on any atom is 0.172 e. The molecule has 0 aliphatic carbocycles. The number of aryl methyl sites for hydroxylation is 1. The molecule has 0 bridgehead atoms. The van der Waals surface area contributed by atoms with Crippen molar-refractivity contribution in [1.29, 1.82) is 0 Å². The summed E-state index contributed by atoms with van der Waals surface area (Å²) in [6, 6.07) is 11.1. The molecule has 0 saturated heterocycles. The third-order valence-corrected chi connectivity index (χ3v) is 2.69. The maximum absolute atomic E-state index is 10.9. The zero-order valence-electron chi connectivity index (χ0n) is 10.9. The number of aldehydes is 1. The molecular weight excluding hydrogens is 242 g/mol. The van der Waals surface area contributed by atoms with Gasteiger partial charge in [0.25, 0.3) is 0 Å². The van der Waals surface area contributed by atoms with Crippen molar-refractivity contribution in [3.05, 3.63) is 53.3 Å². The highest BCUT2D eigenvalue weighted by Crippen LogP contribution is 2.18. The molecule has 0 atom stereocenters. The number of hydrogen-bond acceptors (Lipinski definition) is 4. The zero-order chi connectivity index (χ0) is 13.7. The van der Waals surface area contributed by atoms with Crippen LogP contribution in [0, 0.1) is 6.92 Å². The van der Waals surface area contributed by atoms with E-state index in [1.807, 2.05) is 37.3 Å². The second-order valence-corrected chi connectivity index (χ2v) is 4.09. The lowest BCUT2D eigenvalue weighted by molar-refractivity contribution is 0.111. The maximum atomic E-state index is 10.9. The lowest BCUT2D eigenvalue weighted by Crippen LogP contribution is -2.00. The molecule has 0 fully saturated rings. The Labute approximate surface area is 112 Å². The molecule has 2 rings (SSSR count). The second kappa shape index (κ2) is 6.00. The van der Waals surface area contributed by atoms with Crippen LogP contribution in [0.5, 0.6) is 11.5 Å². The lowest BCUT2D eigenvalue weighted by Gasteiger charge is -2.09. The summed E-state index contributed by atoms with van der Waals surface area (Å²) >= 11 is 0. The van der Waals surface area contributed by atoms with E-state index in [4.69, 9.17) is 9.47 Å². The van der Waals surface area contributed by atoms with Gasteiger partial charge in [0.1, 0.15) is 23.8 Å². The molecule has 0 aliphatic rings. The molecule has 0 amide bonds. The molecular formula is C15H15NO3. The first-order valence-electron chi connectivity index (χ1n) is 5.91. The number of rotatable bonds is 5. The van der Waals surface area contributed by atoms with Crippen LogP contribution < -0.4 is 9.47 Å². The molecule has 1 aromatic carbocycles. The Morgan fingerprint density at radius 3 is 2.53 bits per heavy atom. The average Bonchev–Trinajstić information content (AvgIpc) is 2.46. The average molecular weight is 257 g/mol. The minimum atomic E-state index is 0.327. The fourth-order valence-electron chi connectivity index (χ4n) is 1.65. The number of hydrogen-bond donors (Lipinski definition) is 0. The predicted molar refractivity (Wildman–Crippen MR) is 71.7 cm³/mol. The molecule has 98 valence electrons. The number of aromatic nitrogens is 1. The number of carbonyl (C=O) groups is 1. The molecule has 0 radical (unpaired) electrons. The molecule has 0 unspecified atom stereocenters. The van der Waals surface area contributed by atoms with Gasteiger partial charge in [0.15, 0.2) is 6.29 Å². The molecule has 2 aromatic rings. The van der Waals surface area contributed by atoms with E-state index >= 15 is 0 Å². The number of pyridine rings is 1.